The summed E-state index contributed by atoms with van der Waals surface area (Å²) in [5.74, 6) is 7.96. The van der Waals surface area contributed by atoms with E-state index in [0.29, 0.717) is 0 Å². The Kier molecular flexibility index (Phi) is 3.34. The maximum atomic E-state index is 12.3. The fraction of sp³-hybridized carbons (Fsp3) is 0.417. The van der Waals surface area contributed by atoms with Crippen molar-refractivity contribution in [3.05, 3.63) is 35.9 Å². The molecule has 1 aliphatic carbocycles. The van der Waals surface area contributed by atoms with Gasteiger partial charge in [0.2, 0.25) is 5.91 Å². The van der Waals surface area contributed by atoms with Gasteiger partial charge >= 0.3 is 15.4 Å². The summed E-state index contributed by atoms with van der Waals surface area (Å²) in [7, 11) is 0. The van der Waals surface area contributed by atoms with Gasteiger partial charge in [0.25, 0.3) is 0 Å². The first-order valence-electron chi connectivity index (χ1n) is 5.83. The number of rotatable bonds is 3. The van der Waals surface area contributed by atoms with E-state index in [0.717, 1.165) is 24.8 Å². The maximum Gasteiger partial charge on any atom is 0.410 e. The highest BCUT2D eigenvalue weighted by Crippen LogP contribution is 2.44. The summed E-state index contributed by atoms with van der Waals surface area (Å²) in [5, 5.41) is 0. The molecule has 0 spiro atoms. The number of nitrogens with zero attached hydrogens (tertiary/aromatic N) is 1. The third kappa shape index (κ3) is 1.78. The van der Waals surface area contributed by atoms with Crippen LogP contribution in [0.3, 0.4) is 0 Å². The number of hydrogen-bond acceptors (Lipinski definition) is 2. The molecule has 3 nitrogen and oxygen atoms in total. The highest BCUT2D eigenvalue weighted by Gasteiger charge is 2.46. The van der Waals surface area contributed by atoms with Crippen molar-refractivity contribution < 1.29 is 4.79 Å². The molecule has 2 N–H and O–H groups in total. The normalized spacial score (nSPS) is 17.4. The van der Waals surface area contributed by atoms with Gasteiger partial charge in [-0.1, -0.05) is 42.5 Å². The number of carbonyl (C=O) groups excluding carboxylic acids is 1. The monoisotopic (exact) mass is 232 g/mol. The summed E-state index contributed by atoms with van der Waals surface area (Å²) in [4.78, 5) is 12.3. The van der Waals surface area contributed by atoms with Crippen LogP contribution < -0.4 is 5.84 Å². The van der Waals surface area contributed by atoms with Crippen molar-refractivity contribution in [3.8, 4) is 0 Å². The summed E-state index contributed by atoms with van der Waals surface area (Å²) in [5.41, 5.74) is 0.822. The molecule has 1 aliphatic rings. The zero-order valence-corrected chi connectivity index (χ0v) is 11.1. The highest BCUT2D eigenvalue weighted by molar-refractivity contribution is 6.35. The number of nitrogens with two attached hydrogens (primary N) is 1. The molecule has 1 fully saturated rings. The second-order valence-corrected chi connectivity index (χ2v) is 5.71. The second kappa shape index (κ2) is 4.59. The zero-order valence-electron chi connectivity index (χ0n) is 9.65. The van der Waals surface area contributed by atoms with Crippen molar-refractivity contribution >= 4 is 21.3 Å². The first-order valence-corrected chi connectivity index (χ1v) is 7.87. The molecule has 0 radical (unpaired) electrons. The molecule has 0 atom stereocenters. The average Bonchev–Trinajstić information content (AvgIpc) is 2.28. The molecule has 16 heavy (non-hydrogen) atoms. The van der Waals surface area contributed by atoms with Gasteiger partial charge in [-0.3, -0.25) is 10.6 Å². The maximum absolute atomic E-state index is 12.3. The lowest BCUT2D eigenvalue weighted by molar-refractivity contribution is -0.136. The predicted molar refractivity (Wildman–Crippen MR) is 66.0 cm³/mol. The lowest BCUT2D eigenvalue weighted by Crippen LogP contribution is -2.54. The van der Waals surface area contributed by atoms with Crippen LogP contribution >= 0.6 is 0 Å². The Hall–Kier alpha value is -0.818. The fourth-order valence-electron chi connectivity index (χ4n) is 2.33. The van der Waals surface area contributed by atoms with E-state index in [4.69, 9.17) is 5.84 Å². The van der Waals surface area contributed by atoms with E-state index in [2.05, 4.69) is 0 Å². The molecule has 0 aliphatic heterocycles. The lowest BCUT2D eigenvalue weighted by Gasteiger charge is -2.43. The van der Waals surface area contributed by atoms with E-state index < -0.39 is 15.4 Å². The molecule has 1 amide bonds. The van der Waals surface area contributed by atoms with Gasteiger partial charge in [0.1, 0.15) is 0 Å². The Labute approximate surface area is 103 Å². The predicted octanol–water partition coefficient (Wildman–Crippen LogP) is 1.21. The zero-order chi connectivity index (χ0) is 11.6. The minimum absolute atomic E-state index is 0.124. The quantitative estimate of drug-likeness (QED) is 0.368. The van der Waals surface area contributed by atoms with Crippen molar-refractivity contribution in [3.63, 3.8) is 0 Å². The molecule has 4 heteroatoms. The molecule has 1 aromatic carbocycles. The number of carbonyl (C=O) groups is 1. The molecular weight excluding hydrogens is 215 g/mol. The van der Waals surface area contributed by atoms with Crippen LogP contribution in [0.5, 0.6) is 0 Å². The van der Waals surface area contributed by atoms with Crippen LogP contribution in [0.25, 0.3) is 0 Å². The van der Waals surface area contributed by atoms with Gasteiger partial charge in [-0.25, -0.2) is 0 Å². The Morgan fingerprint density at radius 2 is 2.00 bits per heavy atom. The van der Waals surface area contributed by atoms with Gasteiger partial charge in [-0.15, -0.1) is 0 Å². The van der Waals surface area contributed by atoms with Crippen LogP contribution in [0.15, 0.2) is 30.3 Å². The SMILES string of the molecule is [CH3][AlH][N](N)C(=O)C1(c2ccccc2)CCC1. The summed E-state index contributed by atoms with van der Waals surface area (Å²) < 4.78 is 1.48. The van der Waals surface area contributed by atoms with Gasteiger partial charge < -0.3 is 3.99 Å². The molecule has 84 valence electrons. The highest BCUT2D eigenvalue weighted by atomic mass is 27.1. The molecule has 0 saturated heterocycles. The Morgan fingerprint density at radius 3 is 2.44 bits per heavy atom. The van der Waals surface area contributed by atoms with Crippen molar-refractivity contribution in [1.29, 1.82) is 0 Å². The average molecular weight is 232 g/mol. The van der Waals surface area contributed by atoms with Crippen LogP contribution in [0.1, 0.15) is 24.8 Å². The van der Waals surface area contributed by atoms with E-state index in [9.17, 15) is 4.79 Å². The first kappa shape index (κ1) is 11.7. The number of amides is 1. The number of benzene rings is 1. The lowest BCUT2D eigenvalue weighted by atomic mass is 9.64. The standard InChI is InChI=1S/C11H14N2O.CH3.Al.H/c12-13-10(14)11(7-4-8-11)9-5-2-1-3-6-9;;;/h1-3,5-6H,4,7-8,12H2,(H,13,14);1H3;;/q;;+1;/p-1. The van der Waals surface area contributed by atoms with Crippen molar-refractivity contribution in [2.45, 2.75) is 30.5 Å². The van der Waals surface area contributed by atoms with Crippen LogP contribution in [0.4, 0.5) is 0 Å². The molecule has 1 aromatic rings. The van der Waals surface area contributed by atoms with Gasteiger partial charge in [-0.05, 0) is 18.4 Å². The molecule has 1 saturated carbocycles. The first-order chi connectivity index (χ1) is 7.70. The van der Waals surface area contributed by atoms with Crippen molar-refractivity contribution in [2.75, 3.05) is 0 Å². The third-order valence-electron chi connectivity index (χ3n) is 3.54. The topological polar surface area (TPSA) is 46.3 Å². The van der Waals surface area contributed by atoms with Crippen LogP contribution in [-0.4, -0.2) is 25.3 Å². The molecule has 0 bridgehead atoms. The van der Waals surface area contributed by atoms with Crippen LogP contribution in [0, 0.1) is 0 Å². The van der Waals surface area contributed by atoms with E-state index in [1.165, 1.54) is 3.99 Å². The van der Waals surface area contributed by atoms with Crippen molar-refractivity contribution in [2.24, 2.45) is 5.84 Å². The van der Waals surface area contributed by atoms with Gasteiger partial charge in [0, 0.05) is 0 Å². The number of hydrazine groups is 1. The Balaban J connectivity index is 2.30. The molecule has 0 heterocycles. The molecular formula is C12H17AlN2O. The van der Waals surface area contributed by atoms with Gasteiger partial charge in [0.15, 0.2) is 0 Å². The van der Waals surface area contributed by atoms with Crippen LogP contribution in [-0.2, 0) is 10.2 Å². The minimum atomic E-state index is -0.608. The fourth-order valence-corrected chi connectivity index (χ4v) is 2.92. The summed E-state index contributed by atoms with van der Waals surface area (Å²) in [6, 6.07) is 10.1. The Morgan fingerprint density at radius 1 is 1.38 bits per heavy atom. The summed E-state index contributed by atoms with van der Waals surface area (Å²) in [6.07, 6.45) is 3.01. The van der Waals surface area contributed by atoms with E-state index in [1.54, 1.807) is 0 Å². The second-order valence-electron chi connectivity index (χ2n) is 4.39. The van der Waals surface area contributed by atoms with E-state index >= 15 is 0 Å². The summed E-state index contributed by atoms with van der Waals surface area (Å²) in [6.45, 7) is 0. The van der Waals surface area contributed by atoms with Crippen molar-refractivity contribution in [1.82, 2.24) is 3.99 Å². The molecule has 0 unspecified atom stereocenters. The third-order valence-corrected chi connectivity index (χ3v) is 4.51. The van der Waals surface area contributed by atoms with Gasteiger partial charge in [-0.2, -0.15) is 0 Å². The Bertz CT molecular complexity index is 376. The summed E-state index contributed by atoms with van der Waals surface area (Å²) >= 11 is -0.608. The smallest absolute Gasteiger partial charge is 0.378 e. The molecule has 2 rings (SSSR count). The number of hydrogen-bond donors (Lipinski definition) is 1. The van der Waals surface area contributed by atoms with E-state index in [1.807, 2.05) is 36.1 Å². The van der Waals surface area contributed by atoms with E-state index in [-0.39, 0.29) is 11.3 Å². The van der Waals surface area contributed by atoms with Gasteiger partial charge in [0.05, 0.1) is 5.41 Å². The van der Waals surface area contributed by atoms with Crippen LogP contribution in [0.2, 0.25) is 5.79 Å². The minimum Gasteiger partial charge on any atom is -0.378 e. The largest absolute Gasteiger partial charge is 0.410 e. The molecule has 0 aromatic heterocycles.